The van der Waals surface area contributed by atoms with Gasteiger partial charge in [-0.15, -0.1) is 11.3 Å². The third-order valence-corrected chi connectivity index (χ3v) is 5.59. The second kappa shape index (κ2) is 6.37. The number of amides is 1. The summed E-state index contributed by atoms with van der Waals surface area (Å²) in [4.78, 5) is 19.2. The van der Waals surface area contributed by atoms with Crippen LogP contribution in [0.15, 0.2) is 48.5 Å². The first-order valence-corrected chi connectivity index (χ1v) is 8.96. The second-order valence-electron chi connectivity index (χ2n) is 6.01. The molecule has 0 fully saturated rings. The monoisotopic (exact) mass is 354 g/mol. The van der Waals surface area contributed by atoms with Crippen molar-refractivity contribution in [3.05, 3.63) is 53.5 Å². The highest BCUT2D eigenvalue weighted by Gasteiger charge is 2.32. The van der Waals surface area contributed by atoms with E-state index < -0.39 is 6.10 Å². The molecule has 0 saturated carbocycles. The summed E-state index contributed by atoms with van der Waals surface area (Å²) in [6, 6.07) is 15.2. The molecule has 0 unspecified atom stereocenters. The van der Waals surface area contributed by atoms with E-state index in [1.54, 1.807) is 23.3 Å². The molecule has 4 rings (SSSR count). The van der Waals surface area contributed by atoms with Gasteiger partial charge in [0, 0.05) is 7.05 Å². The van der Waals surface area contributed by atoms with E-state index in [0.29, 0.717) is 11.5 Å². The standard InChI is InChI=1S/C19H18N2O3S/c1-12(18-20-13-7-3-6-10-17(13)25-18)21(2)19(22)16-11-23-14-8-4-5-9-15(14)24-16/h3-10,12,16H,11H2,1-2H3/t12-,16+/m1/s1. The zero-order valence-electron chi connectivity index (χ0n) is 14.0. The fourth-order valence-electron chi connectivity index (χ4n) is 2.79. The van der Waals surface area contributed by atoms with Crippen LogP contribution in [0.4, 0.5) is 0 Å². The molecule has 1 aliphatic rings. The van der Waals surface area contributed by atoms with Gasteiger partial charge in [-0.2, -0.15) is 0 Å². The number of carbonyl (C=O) groups excluding carboxylic acids is 1. The summed E-state index contributed by atoms with van der Waals surface area (Å²) in [5.41, 5.74) is 0.960. The number of thiazole rings is 1. The van der Waals surface area contributed by atoms with Crippen LogP contribution in [-0.4, -0.2) is 35.5 Å². The maximum Gasteiger partial charge on any atom is 0.267 e. The number of likely N-dealkylation sites (N-methyl/N-ethyl adjacent to an activating group) is 1. The average molecular weight is 354 g/mol. The van der Waals surface area contributed by atoms with E-state index in [-0.39, 0.29) is 18.6 Å². The van der Waals surface area contributed by atoms with Crippen LogP contribution in [0.5, 0.6) is 11.5 Å². The van der Waals surface area contributed by atoms with Crippen molar-refractivity contribution in [1.29, 1.82) is 0 Å². The minimum Gasteiger partial charge on any atom is -0.485 e. The van der Waals surface area contributed by atoms with Gasteiger partial charge < -0.3 is 14.4 Å². The Morgan fingerprint density at radius 2 is 1.92 bits per heavy atom. The lowest BCUT2D eigenvalue weighted by Gasteiger charge is -2.31. The van der Waals surface area contributed by atoms with E-state index in [0.717, 1.165) is 15.2 Å². The lowest BCUT2D eigenvalue weighted by atomic mass is 10.2. The maximum atomic E-state index is 12.8. The van der Waals surface area contributed by atoms with Crippen LogP contribution in [0.3, 0.4) is 0 Å². The molecular formula is C19H18N2O3S. The summed E-state index contributed by atoms with van der Waals surface area (Å²) in [6.45, 7) is 2.19. The Balaban J connectivity index is 1.52. The predicted octanol–water partition coefficient (Wildman–Crippen LogP) is 3.66. The number of benzene rings is 2. The summed E-state index contributed by atoms with van der Waals surface area (Å²) in [6.07, 6.45) is -0.642. The Bertz CT molecular complexity index is 891. The molecule has 128 valence electrons. The van der Waals surface area contributed by atoms with Crippen LogP contribution in [-0.2, 0) is 4.79 Å². The third-order valence-electron chi connectivity index (χ3n) is 4.38. The lowest BCUT2D eigenvalue weighted by molar-refractivity contribution is -0.141. The van der Waals surface area contributed by atoms with Crippen molar-refractivity contribution in [3.63, 3.8) is 0 Å². The zero-order chi connectivity index (χ0) is 17.4. The van der Waals surface area contributed by atoms with E-state index in [2.05, 4.69) is 4.98 Å². The molecule has 0 aliphatic carbocycles. The number of nitrogens with zero attached hydrogens (tertiary/aromatic N) is 2. The highest BCUT2D eigenvalue weighted by atomic mass is 32.1. The van der Waals surface area contributed by atoms with E-state index in [4.69, 9.17) is 9.47 Å². The van der Waals surface area contributed by atoms with Crippen molar-refractivity contribution in [2.45, 2.75) is 19.1 Å². The Kier molecular flexibility index (Phi) is 4.05. The number of para-hydroxylation sites is 3. The zero-order valence-corrected chi connectivity index (χ0v) is 14.8. The molecule has 2 atom stereocenters. The minimum atomic E-state index is -0.642. The summed E-state index contributed by atoms with van der Waals surface area (Å²) < 4.78 is 12.6. The number of rotatable bonds is 3. The summed E-state index contributed by atoms with van der Waals surface area (Å²) >= 11 is 1.61. The Labute approximate surface area is 149 Å². The summed E-state index contributed by atoms with van der Waals surface area (Å²) in [7, 11) is 1.78. The van der Waals surface area contributed by atoms with E-state index >= 15 is 0 Å². The fraction of sp³-hybridized carbons (Fsp3) is 0.263. The average Bonchev–Trinajstić information content (AvgIpc) is 3.10. The maximum absolute atomic E-state index is 12.8. The predicted molar refractivity (Wildman–Crippen MR) is 97.2 cm³/mol. The number of ether oxygens (including phenoxy) is 2. The Hall–Kier alpha value is -2.60. The van der Waals surface area contributed by atoms with E-state index in [1.807, 2.05) is 55.5 Å². The lowest BCUT2D eigenvalue weighted by Crippen LogP contribution is -2.45. The molecule has 5 nitrogen and oxygen atoms in total. The first-order valence-electron chi connectivity index (χ1n) is 8.14. The van der Waals surface area contributed by atoms with Crippen molar-refractivity contribution in [1.82, 2.24) is 9.88 Å². The summed E-state index contributed by atoms with van der Waals surface area (Å²) in [5, 5.41) is 0.911. The molecule has 2 heterocycles. The van der Waals surface area contributed by atoms with E-state index in [9.17, 15) is 4.79 Å². The van der Waals surface area contributed by atoms with Crippen LogP contribution in [0, 0.1) is 0 Å². The number of carbonyl (C=O) groups is 1. The normalized spacial score (nSPS) is 17.3. The van der Waals surface area contributed by atoms with Crippen molar-refractivity contribution in [2.75, 3.05) is 13.7 Å². The molecule has 6 heteroatoms. The first-order chi connectivity index (χ1) is 12.1. The molecule has 0 saturated heterocycles. The van der Waals surface area contributed by atoms with Crippen LogP contribution < -0.4 is 9.47 Å². The Morgan fingerprint density at radius 1 is 1.20 bits per heavy atom. The second-order valence-corrected chi connectivity index (χ2v) is 7.07. The molecule has 0 bridgehead atoms. The first kappa shape index (κ1) is 15.9. The number of hydrogen-bond donors (Lipinski definition) is 0. The molecule has 0 radical (unpaired) electrons. The van der Waals surface area contributed by atoms with Crippen LogP contribution in [0.1, 0.15) is 18.0 Å². The van der Waals surface area contributed by atoms with Crippen molar-refractivity contribution < 1.29 is 14.3 Å². The topological polar surface area (TPSA) is 51.7 Å². The third kappa shape index (κ3) is 2.93. The largest absolute Gasteiger partial charge is 0.485 e. The number of aromatic nitrogens is 1. The molecule has 0 N–H and O–H groups in total. The van der Waals surface area contributed by atoms with Gasteiger partial charge in [-0.3, -0.25) is 4.79 Å². The summed E-state index contributed by atoms with van der Waals surface area (Å²) in [5.74, 6) is 1.17. The van der Waals surface area contributed by atoms with Crippen LogP contribution >= 0.6 is 11.3 Å². The molecule has 25 heavy (non-hydrogen) atoms. The SMILES string of the molecule is C[C@H](c1nc2ccccc2s1)N(C)C(=O)[C@@H]1COc2ccccc2O1. The van der Waals surface area contributed by atoms with Crippen molar-refractivity contribution >= 4 is 27.5 Å². The van der Waals surface area contributed by atoms with E-state index in [1.165, 1.54) is 0 Å². The number of fused-ring (bicyclic) bond motifs is 2. The van der Waals surface area contributed by atoms with Crippen molar-refractivity contribution in [3.8, 4) is 11.5 Å². The van der Waals surface area contributed by atoms with Gasteiger partial charge in [0.25, 0.3) is 5.91 Å². The van der Waals surface area contributed by atoms with Gasteiger partial charge in [0.15, 0.2) is 11.5 Å². The van der Waals surface area contributed by atoms with Gasteiger partial charge in [0.1, 0.15) is 11.6 Å². The van der Waals surface area contributed by atoms with Gasteiger partial charge in [-0.1, -0.05) is 24.3 Å². The van der Waals surface area contributed by atoms with Gasteiger partial charge >= 0.3 is 0 Å². The smallest absolute Gasteiger partial charge is 0.267 e. The van der Waals surface area contributed by atoms with Gasteiger partial charge in [0.05, 0.1) is 16.3 Å². The van der Waals surface area contributed by atoms with Crippen LogP contribution in [0.2, 0.25) is 0 Å². The van der Waals surface area contributed by atoms with Crippen LogP contribution in [0.25, 0.3) is 10.2 Å². The molecule has 1 aromatic heterocycles. The number of hydrogen-bond acceptors (Lipinski definition) is 5. The molecule has 2 aromatic carbocycles. The van der Waals surface area contributed by atoms with Gasteiger partial charge in [0.2, 0.25) is 6.10 Å². The minimum absolute atomic E-state index is 0.110. The molecule has 3 aromatic rings. The van der Waals surface area contributed by atoms with Gasteiger partial charge in [-0.25, -0.2) is 4.98 Å². The molecular weight excluding hydrogens is 336 g/mol. The quantitative estimate of drug-likeness (QED) is 0.720. The van der Waals surface area contributed by atoms with Gasteiger partial charge in [-0.05, 0) is 31.2 Å². The van der Waals surface area contributed by atoms with Crippen molar-refractivity contribution in [2.24, 2.45) is 0 Å². The molecule has 1 aliphatic heterocycles. The molecule has 0 spiro atoms. The highest BCUT2D eigenvalue weighted by molar-refractivity contribution is 7.18. The molecule has 1 amide bonds. The fourth-order valence-corrected chi connectivity index (χ4v) is 3.86. The highest BCUT2D eigenvalue weighted by Crippen LogP contribution is 2.33. The Morgan fingerprint density at radius 3 is 2.72 bits per heavy atom.